The van der Waals surface area contributed by atoms with Crippen molar-refractivity contribution in [2.24, 2.45) is 0 Å². The van der Waals surface area contributed by atoms with Gasteiger partial charge in [0.05, 0.1) is 6.10 Å². The van der Waals surface area contributed by atoms with Crippen LogP contribution in [0, 0.1) is 0 Å². The highest BCUT2D eigenvalue weighted by Gasteiger charge is 2.08. The SMILES string of the molecule is CCCCCCCC/C=C/CCCCCCCC(=O)NCCN(CCCO)CC(C)O. The molecule has 0 aromatic carbocycles. The largest absolute Gasteiger partial charge is 0.396 e. The normalized spacial score (nSPS) is 12.7. The average molecular weight is 441 g/mol. The summed E-state index contributed by atoms with van der Waals surface area (Å²) < 4.78 is 0. The number of rotatable bonds is 23. The fourth-order valence-electron chi connectivity index (χ4n) is 3.76. The summed E-state index contributed by atoms with van der Waals surface area (Å²) in [5, 5.41) is 21.5. The van der Waals surface area contributed by atoms with Gasteiger partial charge in [0, 0.05) is 39.2 Å². The van der Waals surface area contributed by atoms with E-state index < -0.39 is 6.10 Å². The van der Waals surface area contributed by atoms with Gasteiger partial charge >= 0.3 is 0 Å². The molecule has 184 valence electrons. The Morgan fingerprint density at radius 1 is 0.871 bits per heavy atom. The molecule has 0 fully saturated rings. The molecule has 0 saturated heterocycles. The summed E-state index contributed by atoms with van der Waals surface area (Å²) in [6.45, 7) is 6.80. The van der Waals surface area contributed by atoms with Crippen LogP contribution in [0.1, 0.15) is 110 Å². The molecule has 3 N–H and O–H groups in total. The van der Waals surface area contributed by atoms with E-state index in [9.17, 15) is 9.90 Å². The smallest absolute Gasteiger partial charge is 0.220 e. The van der Waals surface area contributed by atoms with E-state index in [0.29, 0.717) is 32.5 Å². The van der Waals surface area contributed by atoms with Crippen LogP contribution in [0.4, 0.5) is 0 Å². The molecule has 1 atom stereocenters. The molecule has 0 heterocycles. The summed E-state index contributed by atoms with van der Waals surface area (Å²) in [4.78, 5) is 14.1. The Morgan fingerprint density at radius 2 is 1.45 bits per heavy atom. The molecule has 0 aromatic rings. The van der Waals surface area contributed by atoms with Crippen molar-refractivity contribution in [3.05, 3.63) is 12.2 Å². The fourth-order valence-corrected chi connectivity index (χ4v) is 3.76. The molecule has 0 aromatic heterocycles. The first-order chi connectivity index (χ1) is 15.1. The van der Waals surface area contributed by atoms with Gasteiger partial charge in [-0.15, -0.1) is 0 Å². The second-order valence-corrected chi connectivity index (χ2v) is 8.91. The van der Waals surface area contributed by atoms with E-state index in [1.165, 1.54) is 70.6 Å². The van der Waals surface area contributed by atoms with Gasteiger partial charge in [0.25, 0.3) is 0 Å². The molecule has 0 aliphatic rings. The lowest BCUT2D eigenvalue weighted by atomic mass is 10.1. The van der Waals surface area contributed by atoms with Crippen LogP contribution in [0.15, 0.2) is 12.2 Å². The number of hydrogen-bond donors (Lipinski definition) is 3. The number of hydrogen-bond acceptors (Lipinski definition) is 4. The Bertz CT molecular complexity index is 413. The first-order valence-corrected chi connectivity index (χ1v) is 13.0. The Hall–Kier alpha value is -0.910. The number of amides is 1. The van der Waals surface area contributed by atoms with Crippen LogP contribution in [0.2, 0.25) is 0 Å². The van der Waals surface area contributed by atoms with E-state index in [2.05, 4.69) is 29.3 Å². The Labute approximate surface area is 192 Å². The first-order valence-electron chi connectivity index (χ1n) is 13.0. The van der Waals surface area contributed by atoms with Gasteiger partial charge in [-0.2, -0.15) is 0 Å². The quantitative estimate of drug-likeness (QED) is 0.151. The average Bonchev–Trinajstić information content (AvgIpc) is 2.74. The predicted molar refractivity (Wildman–Crippen MR) is 132 cm³/mol. The van der Waals surface area contributed by atoms with Crippen LogP contribution in [-0.2, 0) is 4.79 Å². The topological polar surface area (TPSA) is 72.8 Å². The minimum absolute atomic E-state index is 0.122. The highest BCUT2D eigenvalue weighted by molar-refractivity contribution is 5.75. The monoisotopic (exact) mass is 440 g/mol. The van der Waals surface area contributed by atoms with Crippen LogP contribution >= 0.6 is 0 Å². The van der Waals surface area contributed by atoms with Gasteiger partial charge in [0.1, 0.15) is 0 Å². The van der Waals surface area contributed by atoms with E-state index in [-0.39, 0.29) is 12.5 Å². The Balaban J connectivity index is 3.48. The minimum atomic E-state index is -0.398. The minimum Gasteiger partial charge on any atom is -0.396 e. The molecule has 0 aliphatic carbocycles. The molecule has 1 amide bonds. The molecule has 0 spiro atoms. The standard InChI is InChI=1S/C26H52N2O3/c1-3-4-5-6-7-8-9-10-11-12-13-14-15-16-17-19-26(31)27-20-22-28(21-18-23-29)24-25(2)30/h10-11,25,29-30H,3-9,12-24H2,1-2H3,(H,27,31)/b11-10+. The molecule has 5 heteroatoms. The molecular formula is C26H52N2O3. The lowest BCUT2D eigenvalue weighted by Gasteiger charge is -2.23. The summed E-state index contributed by atoms with van der Waals surface area (Å²) in [7, 11) is 0. The van der Waals surface area contributed by atoms with Gasteiger partial charge < -0.3 is 15.5 Å². The number of carbonyl (C=O) groups is 1. The zero-order chi connectivity index (χ0) is 23.0. The summed E-state index contributed by atoms with van der Waals surface area (Å²) in [5.74, 6) is 0.122. The number of carbonyl (C=O) groups excluding carboxylic acids is 1. The fraction of sp³-hybridized carbons (Fsp3) is 0.885. The second-order valence-electron chi connectivity index (χ2n) is 8.91. The van der Waals surface area contributed by atoms with E-state index in [0.717, 1.165) is 19.4 Å². The zero-order valence-corrected chi connectivity index (χ0v) is 20.6. The van der Waals surface area contributed by atoms with Gasteiger partial charge in [0.15, 0.2) is 0 Å². The summed E-state index contributed by atoms with van der Waals surface area (Å²) in [5.41, 5.74) is 0. The van der Waals surface area contributed by atoms with Crippen molar-refractivity contribution in [3.63, 3.8) is 0 Å². The molecular weight excluding hydrogens is 388 g/mol. The third-order valence-electron chi connectivity index (χ3n) is 5.57. The Morgan fingerprint density at radius 3 is 2.03 bits per heavy atom. The molecule has 0 aliphatic heterocycles. The number of unbranched alkanes of at least 4 members (excludes halogenated alkanes) is 11. The van der Waals surface area contributed by atoms with Crippen LogP contribution in [0.5, 0.6) is 0 Å². The second kappa shape index (κ2) is 23.7. The van der Waals surface area contributed by atoms with Crippen LogP contribution in [0.3, 0.4) is 0 Å². The van der Waals surface area contributed by atoms with Crippen molar-refractivity contribution in [2.75, 3.05) is 32.8 Å². The van der Waals surface area contributed by atoms with Crippen molar-refractivity contribution in [2.45, 2.75) is 116 Å². The van der Waals surface area contributed by atoms with Gasteiger partial charge in [-0.1, -0.05) is 70.4 Å². The van der Waals surface area contributed by atoms with Gasteiger partial charge in [0.2, 0.25) is 5.91 Å². The predicted octanol–water partition coefficient (Wildman–Crippen LogP) is 5.21. The van der Waals surface area contributed by atoms with E-state index in [1.807, 2.05) is 0 Å². The summed E-state index contributed by atoms with van der Waals surface area (Å²) in [6.07, 6.45) is 22.0. The number of aliphatic hydroxyl groups excluding tert-OH is 2. The summed E-state index contributed by atoms with van der Waals surface area (Å²) >= 11 is 0. The first kappa shape index (κ1) is 30.1. The van der Waals surface area contributed by atoms with Crippen LogP contribution < -0.4 is 5.32 Å². The van der Waals surface area contributed by atoms with E-state index in [4.69, 9.17) is 5.11 Å². The molecule has 0 radical (unpaired) electrons. The van der Waals surface area contributed by atoms with Crippen molar-refractivity contribution in [1.82, 2.24) is 10.2 Å². The van der Waals surface area contributed by atoms with Crippen molar-refractivity contribution in [1.29, 1.82) is 0 Å². The van der Waals surface area contributed by atoms with E-state index in [1.54, 1.807) is 6.92 Å². The Kier molecular flexibility index (Phi) is 23.0. The molecule has 0 bridgehead atoms. The zero-order valence-electron chi connectivity index (χ0n) is 20.6. The number of nitrogens with one attached hydrogen (secondary N) is 1. The molecule has 5 nitrogen and oxygen atoms in total. The van der Waals surface area contributed by atoms with Crippen LogP contribution in [-0.4, -0.2) is 59.9 Å². The maximum atomic E-state index is 12.0. The molecule has 1 unspecified atom stereocenters. The van der Waals surface area contributed by atoms with Gasteiger partial charge in [-0.3, -0.25) is 9.69 Å². The third kappa shape index (κ3) is 23.6. The molecule has 31 heavy (non-hydrogen) atoms. The van der Waals surface area contributed by atoms with Gasteiger partial charge in [-0.05, 0) is 45.4 Å². The number of allylic oxidation sites excluding steroid dienone is 2. The van der Waals surface area contributed by atoms with Gasteiger partial charge in [-0.25, -0.2) is 0 Å². The lowest BCUT2D eigenvalue weighted by molar-refractivity contribution is -0.121. The van der Waals surface area contributed by atoms with E-state index >= 15 is 0 Å². The molecule has 0 saturated carbocycles. The van der Waals surface area contributed by atoms with Crippen molar-refractivity contribution in [3.8, 4) is 0 Å². The summed E-state index contributed by atoms with van der Waals surface area (Å²) in [6, 6.07) is 0. The highest BCUT2D eigenvalue weighted by atomic mass is 16.3. The maximum absolute atomic E-state index is 12.0. The van der Waals surface area contributed by atoms with Crippen molar-refractivity contribution >= 4 is 5.91 Å². The van der Waals surface area contributed by atoms with Crippen molar-refractivity contribution < 1.29 is 15.0 Å². The lowest BCUT2D eigenvalue weighted by Crippen LogP contribution is -2.39. The van der Waals surface area contributed by atoms with Crippen LogP contribution in [0.25, 0.3) is 0 Å². The molecule has 0 rings (SSSR count). The number of aliphatic hydroxyl groups is 2. The third-order valence-corrected chi connectivity index (χ3v) is 5.57. The number of nitrogens with zero attached hydrogens (tertiary/aromatic N) is 1. The highest BCUT2D eigenvalue weighted by Crippen LogP contribution is 2.10. The maximum Gasteiger partial charge on any atom is 0.220 e.